The molecule has 1 atom stereocenters. The second-order valence-electron chi connectivity index (χ2n) is 7.34. The fourth-order valence-corrected chi connectivity index (χ4v) is 2.68. The first-order valence-corrected chi connectivity index (χ1v) is 9.77. The second kappa shape index (κ2) is 11.3. The lowest BCUT2D eigenvalue weighted by Crippen LogP contribution is -2.34. The first-order valence-electron chi connectivity index (χ1n) is 8.98. The molecule has 1 aromatic heterocycles. The van der Waals surface area contributed by atoms with Crippen LogP contribution in [0.25, 0.3) is 6.08 Å². The highest BCUT2D eigenvalue weighted by atomic mass is 79.9. The average Bonchev–Trinajstić information content (AvgIpc) is 2.68. The highest BCUT2D eigenvalue weighted by Crippen LogP contribution is 2.19. The maximum absolute atomic E-state index is 12.7. The predicted molar refractivity (Wildman–Crippen MR) is 120 cm³/mol. The van der Waals surface area contributed by atoms with Crippen molar-refractivity contribution in [3.05, 3.63) is 70.0 Å². The van der Waals surface area contributed by atoms with Crippen molar-refractivity contribution in [3.63, 3.8) is 0 Å². The number of hydrogen-bond donors (Lipinski definition) is 1. The summed E-state index contributed by atoms with van der Waals surface area (Å²) in [5.74, 6) is -0.947. The van der Waals surface area contributed by atoms with E-state index < -0.39 is 17.4 Å². The molecule has 0 saturated heterocycles. The largest absolute Gasteiger partial charge is 0.463 e. The molecule has 1 amide bonds. The molecule has 0 spiro atoms. The van der Waals surface area contributed by atoms with Gasteiger partial charge in [0.05, 0.1) is 17.2 Å². The number of halogens is 1. The number of benzene rings is 1. The number of ether oxygens (including phenoxy) is 1. The van der Waals surface area contributed by atoms with Crippen LogP contribution < -0.4 is 5.32 Å². The van der Waals surface area contributed by atoms with Crippen molar-refractivity contribution in [3.8, 4) is 6.07 Å². The van der Waals surface area contributed by atoms with Crippen molar-refractivity contribution >= 4 is 33.9 Å². The first kappa shape index (κ1) is 25.1. The number of amides is 1. The number of pyridine rings is 1. The Morgan fingerprint density at radius 3 is 2.43 bits per heavy atom. The van der Waals surface area contributed by atoms with E-state index in [0.717, 1.165) is 5.56 Å². The SMILES string of the molecule is C.CC(C)(C)C(=O)OC[C@H](NC(=O)/C(C#N)=C/c1cccc(Br)n1)c1ccccc1. The molecule has 0 unspecified atom stereocenters. The third-order valence-corrected chi connectivity index (χ3v) is 4.34. The normalized spacial score (nSPS) is 12.2. The van der Waals surface area contributed by atoms with Crippen LogP contribution in [-0.4, -0.2) is 23.5 Å². The highest BCUT2D eigenvalue weighted by molar-refractivity contribution is 9.10. The van der Waals surface area contributed by atoms with Crippen LogP contribution in [-0.2, 0) is 14.3 Å². The molecule has 0 radical (unpaired) electrons. The molecule has 30 heavy (non-hydrogen) atoms. The van der Waals surface area contributed by atoms with Crippen molar-refractivity contribution in [2.45, 2.75) is 34.2 Å². The molecule has 0 fully saturated rings. The zero-order valence-corrected chi connectivity index (χ0v) is 18.1. The van der Waals surface area contributed by atoms with Gasteiger partial charge >= 0.3 is 5.97 Å². The van der Waals surface area contributed by atoms with Gasteiger partial charge in [0, 0.05) is 0 Å². The van der Waals surface area contributed by atoms with Crippen LogP contribution in [0, 0.1) is 16.7 Å². The van der Waals surface area contributed by atoms with Crippen LogP contribution in [0.2, 0.25) is 0 Å². The van der Waals surface area contributed by atoms with Gasteiger partial charge in [0.1, 0.15) is 22.9 Å². The zero-order valence-electron chi connectivity index (χ0n) is 16.5. The summed E-state index contributed by atoms with van der Waals surface area (Å²) in [6, 6.07) is 15.6. The van der Waals surface area contributed by atoms with Crippen molar-refractivity contribution in [2.24, 2.45) is 5.41 Å². The van der Waals surface area contributed by atoms with Gasteiger partial charge < -0.3 is 10.1 Å². The molecule has 0 aliphatic heterocycles. The maximum Gasteiger partial charge on any atom is 0.311 e. The summed E-state index contributed by atoms with van der Waals surface area (Å²) in [5.41, 5.74) is 0.482. The van der Waals surface area contributed by atoms with E-state index in [9.17, 15) is 14.9 Å². The summed E-state index contributed by atoms with van der Waals surface area (Å²) in [6.07, 6.45) is 1.41. The molecule has 1 heterocycles. The number of nitrogens with zero attached hydrogens (tertiary/aromatic N) is 2. The Morgan fingerprint density at radius 1 is 1.20 bits per heavy atom. The number of hydrogen-bond acceptors (Lipinski definition) is 5. The molecule has 0 aliphatic carbocycles. The molecule has 7 heteroatoms. The Labute approximate surface area is 186 Å². The molecule has 158 valence electrons. The summed E-state index contributed by atoms with van der Waals surface area (Å²) in [7, 11) is 0. The topological polar surface area (TPSA) is 92.1 Å². The summed E-state index contributed by atoms with van der Waals surface area (Å²) in [5, 5.41) is 12.2. The Hall–Kier alpha value is -2.98. The standard InChI is InChI=1S/C22H22BrN3O3.CH4/c1-22(2,3)21(28)29-14-18(15-8-5-4-6-9-15)26-20(27)16(13-24)12-17-10-7-11-19(23)25-17;/h4-12,18H,14H2,1-3H3,(H,26,27);1H4/b16-12+;/t18-;/m0./s1. The Morgan fingerprint density at radius 2 is 1.87 bits per heavy atom. The van der Waals surface area contributed by atoms with Gasteiger partial charge in [0.15, 0.2) is 0 Å². The monoisotopic (exact) mass is 471 g/mol. The number of nitrogens with one attached hydrogen (secondary N) is 1. The molecule has 1 N–H and O–H groups in total. The van der Waals surface area contributed by atoms with Gasteiger partial charge in [-0.05, 0) is 60.5 Å². The van der Waals surface area contributed by atoms with E-state index in [2.05, 4.69) is 26.2 Å². The van der Waals surface area contributed by atoms with E-state index in [1.54, 1.807) is 39.0 Å². The van der Waals surface area contributed by atoms with Gasteiger partial charge in [-0.3, -0.25) is 9.59 Å². The number of carbonyl (C=O) groups excluding carboxylic acids is 2. The van der Waals surface area contributed by atoms with E-state index in [-0.39, 0.29) is 25.6 Å². The summed E-state index contributed by atoms with van der Waals surface area (Å²) in [6.45, 7) is 5.23. The minimum atomic E-state index is -0.657. The molecule has 2 rings (SSSR count). The zero-order chi connectivity index (χ0) is 21.4. The quantitative estimate of drug-likeness (QED) is 0.281. The van der Waals surface area contributed by atoms with Crippen molar-refractivity contribution in [2.75, 3.05) is 6.61 Å². The average molecular weight is 472 g/mol. The van der Waals surface area contributed by atoms with E-state index in [1.165, 1.54) is 6.08 Å². The maximum atomic E-state index is 12.7. The number of carbonyl (C=O) groups is 2. The van der Waals surface area contributed by atoms with Gasteiger partial charge in [0.2, 0.25) is 0 Å². The van der Waals surface area contributed by atoms with Gasteiger partial charge in [0.25, 0.3) is 5.91 Å². The van der Waals surface area contributed by atoms with E-state index in [4.69, 9.17) is 4.74 Å². The van der Waals surface area contributed by atoms with Crippen molar-refractivity contribution in [1.82, 2.24) is 10.3 Å². The Balaban J connectivity index is 0.00000450. The molecule has 1 aromatic carbocycles. The Bertz CT molecular complexity index is 944. The van der Waals surface area contributed by atoms with Crippen LogP contribution in [0.15, 0.2) is 58.7 Å². The van der Waals surface area contributed by atoms with Crippen LogP contribution in [0.4, 0.5) is 0 Å². The second-order valence-corrected chi connectivity index (χ2v) is 8.15. The molecule has 6 nitrogen and oxygen atoms in total. The third kappa shape index (κ3) is 7.45. The molecule has 0 saturated carbocycles. The van der Waals surface area contributed by atoms with E-state index in [1.807, 2.05) is 36.4 Å². The number of nitriles is 1. The fourth-order valence-electron chi connectivity index (χ4n) is 2.32. The lowest BCUT2D eigenvalue weighted by atomic mass is 9.97. The summed E-state index contributed by atoms with van der Waals surface area (Å²) >= 11 is 3.26. The van der Waals surface area contributed by atoms with Crippen LogP contribution >= 0.6 is 15.9 Å². The number of aromatic nitrogens is 1. The van der Waals surface area contributed by atoms with Gasteiger partial charge in [-0.1, -0.05) is 43.8 Å². The molecular weight excluding hydrogens is 446 g/mol. The van der Waals surface area contributed by atoms with Crippen LogP contribution in [0.1, 0.15) is 45.5 Å². The van der Waals surface area contributed by atoms with Crippen LogP contribution in [0.3, 0.4) is 0 Å². The van der Waals surface area contributed by atoms with Crippen molar-refractivity contribution in [1.29, 1.82) is 5.26 Å². The highest BCUT2D eigenvalue weighted by Gasteiger charge is 2.25. The van der Waals surface area contributed by atoms with Gasteiger partial charge in [-0.25, -0.2) is 4.98 Å². The third-order valence-electron chi connectivity index (χ3n) is 3.89. The number of esters is 1. The lowest BCUT2D eigenvalue weighted by molar-refractivity contribution is -0.154. The van der Waals surface area contributed by atoms with Gasteiger partial charge in [-0.15, -0.1) is 0 Å². The van der Waals surface area contributed by atoms with Gasteiger partial charge in [-0.2, -0.15) is 5.26 Å². The molecule has 2 aromatic rings. The lowest BCUT2D eigenvalue weighted by Gasteiger charge is -2.22. The van der Waals surface area contributed by atoms with E-state index >= 15 is 0 Å². The first-order chi connectivity index (χ1) is 13.7. The summed E-state index contributed by atoms with van der Waals surface area (Å²) < 4.78 is 5.99. The smallest absolute Gasteiger partial charge is 0.311 e. The van der Waals surface area contributed by atoms with E-state index in [0.29, 0.717) is 10.3 Å². The molecular formula is C23H26BrN3O3. The molecule has 0 aliphatic rings. The summed E-state index contributed by atoms with van der Waals surface area (Å²) in [4.78, 5) is 29.1. The van der Waals surface area contributed by atoms with Crippen LogP contribution in [0.5, 0.6) is 0 Å². The number of rotatable bonds is 6. The predicted octanol–water partition coefficient (Wildman–Crippen LogP) is 4.83. The molecule has 0 bridgehead atoms. The minimum absolute atomic E-state index is 0. The fraction of sp³-hybridized carbons (Fsp3) is 0.304. The van der Waals surface area contributed by atoms with Crippen molar-refractivity contribution < 1.29 is 14.3 Å². The Kier molecular flexibility index (Phi) is 9.41. The minimum Gasteiger partial charge on any atom is -0.463 e.